The maximum Gasteiger partial charge on any atom is 0.0892 e. The first-order chi connectivity index (χ1) is 10.2. The van der Waals surface area contributed by atoms with E-state index in [-0.39, 0.29) is 0 Å². The molecule has 0 spiro atoms. The van der Waals surface area contributed by atoms with Crippen LogP contribution in [-0.4, -0.2) is 36.3 Å². The molecule has 0 amide bonds. The zero-order valence-electron chi connectivity index (χ0n) is 12.5. The Morgan fingerprint density at radius 1 is 0.952 bits per heavy atom. The molecule has 3 rings (SSSR count). The molecule has 21 heavy (non-hydrogen) atoms. The van der Waals surface area contributed by atoms with E-state index in [0.717, 1.165) is 40.7 Å². The maximum atomic E-state index is 12.7. The second-order valence-corrected chi connectivity index (χ2v) is 6.93. The van der Waals surface area contributed by atoms with Crippen molar-refractivity contribution in [3.63, 3.8) is 0 Å². The topological polar surface area (TPSA) is 23.6 Å². The SMILES string of the molecule is CN(C)CCCN1c2ccccc2S(=O)c2ccccc21. The lowest BCUT2D eigenvalue weighted by Crippen LogP contribution is -2.27. The smallest absolute Gasteiger partial charge is 0.0892 e. The highest BCUT2D eigenvalue weighted by Gasteiger charge is 2.26. The molecule has 110 valence electrons. The fraction of sp³-hybridized carbons (Fsp3) is 0.294. The summed E-state index contributed by atoms with van der Waals surface area (Å²) in [5.74, 6) is 0. The molecule has 4 heteroatoms. The highest BCUT2D eigenvalue weighted by atomic mass is 32.2. The molecule has 1 heterocycles. The Bertz CT molecular complexity index is 620. The molecular weight excluding hydrogens is 280 g/mol. The van der Waals surface area contributed by atoms with Gasteiger partial charge < -0.3 is 9.80 Å². The quantitative estimate of drug-likeness (QED) is 0.866. The number of fused-ring (bicyclic) bond motifs is 2. The van der Waals surface area contributed by atoms with Gasteiger partial charge in [0, 0.05) is 6.54 Å². The summed E-state index contributed by atoms with van der Waals surface area (Å²) < 4.78 is 12.7. The van der Waals surface area contributed by atoms with Crippen molar-refractivity contribution in [3.05, 3.63) is 48.5 Å². The third kappa shape index (κ3) is 2.74. The molecule has 0 bridgehead atoms. The van der Waals surface area contributed by atoms with Crippen LogP contribution >= 0.6 is 0 Å². The normalized spacial score (nSPS) is 14.1. The van der Waals surface area contributed by atoms with Crippen LogP contribution in [0.25, 0.3) is 0 Å². The molecule has 0 unspecified atom stereocenters. The lowest BCUT2D eigenvalue weighted by Gasteiger charge is -2.32. The van der Waals surface area contributed by atoms with Crippen LogP contribution in [0.1, 0.15) is 6.42 Å². The molecule has 0 N–H and O–H groups in total. The van der Waals surface area contributed by atoms with Crippen molar-refractivity contribution in [2.24, 2.45) is 0 Å². The fourth-order valence-corrected chi connectivity index (χ4v) is 4.09. The zero-order valence-corrected chi connectivity index (χ0v) is 13.3. The van der Waals surface area contributed by atoms with Crippen LogP contribution in [0.5, 0.6) is 0 Å². The predicted octanol–water partition coefficient (Wildman–Crippen LogP) is 3.26. The molecule has 3 nitrogen and oxygen atoms in total. The highest BCUT2D eigenvalue weighted by molar-refractivity contribution is 7.85. The van der Waals surface area contributed by atoms with Crippen molar-refractivity contribution in [2.75, 3.05) is 32.1 Å². The van der Waals surface area contributed by atoms with Gasteiger partial charge in [0.15, 0.2) is 0 Å². The molecular formula is C17H20N2OS. The summed E-state index contributed by atoms with van der Waals surface area (Å²) in [7, 11) is 3.10. The number of para-hydroxylation sites is 2. The predicted molar refractivity (Wildman–Crippen MR) is 87.7 cm³/mol. The lowest BCUT2D eigenvalue weighted by molar-refractivity contribution is 0.402. The van der Waals surface area contributed by atoms with Gasteiger partial charge in [-0.25, -0.2) is 4.21 Å². The van der Waals surface area contributed by atoms with Crippen LogP contribution < -0.4 is 4.90 Å². The maximum absolute atomic E-state index is 12.7. The van der Waals surface area contributed by atoms with E-state index >= 15 is 0 Å². The lowest BCUT2D eigenvalue weighted by atomic mass is 10.2. The molecule has 0 fully saturated rings. The molecule has 2 aromatic rings. The van der Waals surface area contributed by atoms with Crippen LogP contribution in [0.3, 0.4) is 0 Å². The van der Waals surface area contributed by atoms with Crippen molar-refractivity contribution in [3.8, 4) is 0 Å². The van der Waals surface area contributed by atoms with Gasteiger partial charge in [-0.3, -0.25) is 0 Å². The van der Waals surface area contributed by atoms with Gasteiger partial charge in [0.05, 0.1) is 32.0 Å². The summed E-state index contributed by atoms with van der Waals surface area (Å²) in [6, 6.07) is 16.0. The number of anilines is 2. The van der Waals surface area contributed by atoms with Gasteiger partial charge in [0.25, 0.3) is 0 Å². The van der Waals surface area contributed by atoms with Crippen LogP contribution in [0, 0.1) is 0 Å². The van der Waals surface area contributed by atoms with Gasteiger partial charge in [-0.15, -0.1) is 0 Å². The van der Waals surface area contributed by atoms with Gasteiger partial charge in [-0.1, -0.05) is 24.3 Å². The van der Waals surface area contributed by atoms with E-state index < -0.39 is 10.8 Å². The highest BCUT2D eigenvalue weighted by Crippen LogP contribution is 2.41. The first kappa shape index (κ1) is 14.3. The Balaban J connectivity index is 1.99. The Morgan fingerprint density at radius 2 is 1.48 bits per heavy atom. The molecule has 0 aromatic heterocycles. The van der Waals surface area contributed by atoms with Gasteiger partial charge in [0.2, 0.25) is 0 Å². The summed E-state index contributed by atoms with van der Waals surface area (Å²) in [4.78, 5) is 6.33. The minimum Gasteiger partial charge on any atom is -0.339 e. The molecule has 1 aliphatic heterocycles. The van der Waals surface area contributed by atoms with Crippen LogP contribution in [0.4, 0.5) is 11.4 Å². The Hall–Kier alpha value is -1.65. The molecule has 1 aliphatic rings. The Morgan fingerprint density at radius 3 is 2.00 bits per heavy atom. The summed E-state index contributed by atoms with van der Waals surface area (Å²) in [6.07, 6.45) is 1.07. The van der Waals surface area contributed by atoms with Crippen LogP contribution in [-0.2, 0) is 10.8 Å². The van der Waals surface area contributed by atoms with E-state index in [1.807, 2.05) is 36.4 Å². The van der Waals surface area contributed by atoms with E-state index in [4.69, 9.17) is 0 Å². The third-order valence-corrected chi connectivity index (χ3v) is 5.19. The molecule has 0 saturated heterocycles. The second-order valence-electron chi connectivity index (χ2n) is 5.51. The number of hydrogen-bond acceptors (Lipinski definition) is 3. The van der Waals surface area contributed by atoms with Crippen molar-refractivity contribution in [1.29, 1.82) is 0 Å². The average Bonchev–Trinajstić information content (AvgIpc) is 2.50. The Labute approximate surface area is 128 Å². The summed E-state index contributed by atoms with van der Waals surface area (Å²) >= 11 is 0. The van der Waals surface area contributed by atoms with Crippen LogP contribution in [0.2, 0.25) is 0 Å². The van der Waals surface area contributed by atoms with Crippen molar-refractivity contribution in [1.82, 2.24) is 4.90 Å². The number of rotatable bonds is 4. The standard InChI is InChI=1S/C17H20N2OS/c1-18(2)12-7-13-19-14-8-3-5-10-16(14)21(20)17-11-6-4-9-15(17)19/h3-6,8-11H,7,12-13H2,1-2H3. The first-order valence-electron chi connectivity index (χ1n) is 7.20. The Kier molecular flexibility index (Phi) is 4.08. The molecule has 0 radical (unpaired) electrons. The van der Waals surface area contributed by atoms with Gasteiger partial charge >= 0.3 is 0 Å². The average molecular weight is 300 g/mol. The van der Waals surface area contributed by atoms with Gasteiger partial charge in [0.1, 0.15) is 0 Å². The number of nitrogens with zero attached hydrogens (tertiary/aromatic N) is 2. The molecule has 0 atom stereocenters. The third-order valence-electron chi connectivity index (χ3n) is 3.70. The fourth-order valence-electron chi connectivity index (χ4n) is 2.71. The molecule has 2 aromatic carbocycles. The van der Waals surface area contributed by atoms with Crippen LogP contribution in [0.15, 0.2) is 58.3 Å². The van der Waals surface area contributed by atoms with Crippen molar-refractivity contribution in [2.45, 2.75) is 16.2 Å². The van der Waals surface area contributed by atoms with E-state index in [1.165, 1.54) is 0 Å². The van der Waals surface area contributed by atoms with Crippen molar-refractivity contribution >= 4 is 22.2 Å². The van der Waals surface area contributed by atoms with E-state index in [2.05, 4.69) is 36.0 Å². The molecule has 0 saturated carbocycles. The monoisotopic (exact) mass is 300 g/mol. The largest absolute Gasteiger partial charge is 0.339 e. The van der Waals surface area contributed by atoms with Crippen molar-refractivity contribution < 1.29 is 4.21 Å². The molecule has 0 aliphatic carbocycles. The number of benzene rings is 2. The zero-order chi connectivity index (χ0) is 14.8. The first-order valence-corrected chi connectivity index (χ1v) is 8.35. The second kappa shape index (κ2) is 6.00. The summed E-state index contributed by atoms with van der Waals surface area (Å²) in [6.45, 7) is 1.98. The van der Waals surface area contributed by atoms with Gasteiger partial charge in [-0.05, 0) is 51.3 Å². The summed E-state index contributed by atoms with van der Waals surface area (Å²) in [5.41, 5.74) is 2.15. The summed E-state index contributed by atoms with van der Waals surface area (Å²) in [5, 5.41) is 0. The van der Waals surface area contributed by atoms with Gasteiger partial charge in [-0.2, -0.15) is 0 Å². The minimum absolute atomic E-state index is 0.918. The van der Waals surface area contributed by atoms with E-state index in [0.29, 0.717) is 0 Å². The minimum atomic E-state index is -1.08. The van der Waals surface area contributed by atoms with E-state index in [1.54, 1.807) is 0 Å². The number of hydrogen-bond donors (Lipinski definition) is 0. The van der Waals surface area contributed by atoms with E-state index in [9.17, 15) is 4.21 Å².